The third kappa shape index (κ3) is 2.86. The number of rotatable bonds is 3. The Labute approximate surface area is 112 Å². The van der Waals surface area contributed by atoms with Crippen molar-refractivity contribution >= 4 is 17.6 Å². The van der Waals surface area contributed by atoms with Crippen molar-refractivity contribution in [3.8, 4) is 0 Å². The first-order valence-corrected chi connectivity index (χ1v) is 5.52. The summed E-state index contributed by atoms with van der Waals surface area (Å²) in [6.45, 7) is 0. The van der Waals surface area contributed by atoms with E-state index in [4.69, 9.17) is 5.11 Å². The molecular formula is C12H10N4O4. The molecule has 2 aromatic heterocycles. The van der Waals surface area contributed by atoms with Crippen molar-refractivity contribution in [1.82, 2.24) is 14.8 Å². The molecule has 2 heterocycles. The summed E-state index contributed by atoms with van der Waals surface area (Å²) < 4.78 is 1.04. The van der Waals surface area contributed by atoms with Gasteiger partial charge in [0.1, 0.15) is 11.4 Å². The summed E-state index contributed by atoms with van der Waals surface area (Å²) in [5.41, 5.74) is -0.0534. The van der Waals surface area contributed by atoms with Gasteiger partial charge in [-0.25, -0.2) is 14.5 Å². The van der Waals surface area contributed by atoms with Gasteiger partial charge in [-0.2, -0.15) is 5.10 Å². The van der Waals surface area contributed by atoms with E-state index in [-0.39, 0.29) is 16.9 Å². The van der Waals surface area contributed by atoms with Gasteiger partial charge < -0.3 is 10.4 Å². The Bertz CT molecular complexity index is 721. The topological polar surface area (TPSA) is 114 Å². The van der Waals surface area contributed by atoms with E-state index in [0.717, 1.165) is 4.68 Å². The van der Waals surface area contributed by atoms with E-state index in [1.54, 1.807) is 0 Å². The van der Waals surface area contributed by atoms with E-state index in [0.29, 0.717) is 5.69 Å². The van der Waals surface area contributed by atoms with Gasteiger partial charge in [-0.1, -0.05) is 0 Å². The summed E-state index contributed by atoms with van der Waals surface area (Å²) in [5, 5.41) is 15.0. The lowest BCUT2D eigenvalue weighted by molar-refractivity contribution is 0.0690. The second-order valence-corrected chi connectivity index (χ2v) is 3.87. The fourth-order valence-electron chi connectivity index (χ4n) is 1.41. The molecule has 0 atom stereocenters. The highest BCUT2D eigenvalue weighted by molar-refractivity contribution is 6.02. The van der Waals surface area contributed by atoms with Crippen LogP contribution >= 0.6 is 0 Å². The van der Waals surface area contributed by atoms with Gasteiger partial charge in [0.25, 0.3) is 11.5 Å². The zero-order chi connectivity index (χ0) is 14.7. The molecule has 0 saturated carbocycles. The minimum absolute atomic E-state index is 0.0643. The maximum absolute atomic E-state index is 11.9. The molecule has 0 fully saturated rings. The van der Waals surface area contributed by atoms with Crippen LogP contribution in [0.4, 0.5) is 5.69 Å². The van der Waals surface area contributed by atoms with Gasteiger partial charge in [0, 0.05) is 13.1 Å². The number of carboxylic acids is 1. The molecule has 8 heteroatoms. The van der Waals surface area contributed by atoms with Crippen LogP contribution in [0.25, 0.3) is 0 Å². The Morgan fingerprint density at radius 2 is 1.90 bits per heavy atom. The number of amides is 1. The second kappa shape index (κ2) is 5.31. The lowest BCUT2D eigenvalue weighted by atomic mass is 10.3. The fourth-order valence-corrected chi connectivity index (χ4v) is 1.41. The molecule has 2 N–H and O–H groups in total. The van der Waals surface area contributed by atoms with Crippen LogP contribution in [0.1, 0.15) is 21.0 Å². The normalized spacial score (nSPS) is 10.1. The van der Waals surface area contributed by atoms with Crippen LogP contribution in [0, 0.1) is 0 Å². The number of nitrogens with zero attached hydrogens (tertiary/aromatic N) is 3. The minimum Gasteiger partial charge on any atom is -0.477 e. The van der Waals surface area contributed by atoms with Crippen LogP contribution in [0.3, 0.4) is 0 Å². The molecule has 0 bridgehead atoms. The lowest BCUT2D eigenvalue weighted by Crippen LogP contribution is -2.23. The summed E-state index contributed by atoms with van der Waals surface area (Å²) in [7, 11) is 1.43. The van der Waals surface area contributed by atoms with Crippen molar-refractivity contribution in [1.29, 1.82) is 0 Å². The van der Waals surface area contributed by atoms with Gasteiger partial charge in [0.2, 0.25) is 0 Å². The maximum atomic E-state index is 11.9. The highest BCUT2D eigenvalue weighted by atomic mass is 16.4. The van der Waals surface area contributed by atoms with Crippen molar-refractivity contribution < 1.29 is 14.7 Å². The average Bonchev–Trinajstić information content (AvgIpc) is 2.42. The van der Waals surface area contributed by atoms with E-state index in [2.05, 4.69) is 15.4 Å². The van der Waals surface area contributed by atoms with Gasteiger partial charge >= 0.3 is 5.97 Å². The first-order chi connectivity index (χ1) is 9.47. The molecule has 1 amide bonds. The number of pyridine rings is 1. The molecule has 0 spiro atoms. The molecule has 0 radical (unpaired) electrons. The molecule has 0 aliphatic rings. The van der Waals surface area contributed by atoms with Gasteiger partial charge in [0.05, 0.1) is 11.9 Å². The molecule has 8 nitrogen and oxygen atoms in total. The Balaban J connectivity index is 2.16. The van der Waals surface area contributed by atoms with E-state index < -0.39 is 11.9 Å². The zero-order valence-corrected chi connectivity index (χ0v) is 10.4. The predicted molar refractivity (Wildman–Crippen MR) is 68.6 cm³/mol. The first kappa shape index (κ1) is 13.4. The van der Waals surface area contributed by atoms with Crippen molar-refractivity contribution in [2.45, 2.75) is 0 Å². The van der Waals surface area contributed by atoms with Gasteiger partial charge in [-0.15, -0.1) is 0 Å². The van der Waals surface area contributed by atoms with E-state index in [1.165, 1.54) is 37.5 Å². The summed E-state index contributed by atoms with van der Waals surface area (Å²) in [6.07, 6.45) is 1.23. The van der Waals surface area contributed by atoms with Crippen molar-refractivity contribution in [3.63, 3.8) is 0 Å². The SMILES string of the molecule is Cn1nc(C(=O)Nc2ccc(C(=O)O)nc2)ccc1=O. The number of aromatic nitrogens is 3. The quantitative estimate of drug-likeness (QED) is 0.822. The fraction of sp³-hybridized carbons (Fsp3) is 0.0833. The van der Waals surface area contributed by atoms with Crippen molar-refractivity contribution in [2.75, 3.05) is 5.32 Å². The van der Waals surface area contributed by atoms with E-state index in [1.807, 2.05) is 0 Å². The van der Waals surface area contributed by atoms with Crippen LogP contribution in [0.2, 0.25) is 0 Å². The maximum Gasteiger partial charge on any atom is 0.354 e. The molecule has 0 aromatic carbocycles. The third-order valence-corrected chi connectivity index (χ3v) is 2.43. The summed E-state index contributed by atoms with van der Waals surface area (Å²) >= 11 is 0. The monoisotopic (exact) mass is 274 g/mol. The number of hydrogen-bond donors (Lipinski definition) is 2. The number of nitrogens with one attached hydrogen (secondary N) is 1. The van der Waals surface area contributed by atoms with Crippen LogP contribution < -0.4 is 10.9 Å². The molecule has 0 saturated heterocycles. The summed E-state index contributed by atoms with van der Waals surface area (Å²) in [4.78, 5) is 37.3. The molecule has 102 valence electrons. The Morgan fingerprint density at radius 1 is 1.20 bits per heavy atom. The van der Waals surface area contributed by atoms with Crippen LogP contribution in [0.15, 0.2) is 35.3 Å². The molecule has 0 unspecified atom stereocenters. The number of aryl methyl sites for hydroxylation is 1. The van der Waals surface area contributed by atoms with Crippen LogP contribution in [0.5, 0.6) is 0 Å². The average molecular weight is 274 g/mol. The van der Waals surface area contributed by atoms with Gasteiger partial charge in [0.15, 0.2) is 0 Å². The summed E-state index contributed by atoms with van der Waals surface area (Å²) in [6, 6.07) is 5.22. The Kier molecular flexibility index (Phi) is 3.56. The highest BCUT2D eigenvalue weighted by Gasteiger charge is 2.10. The molecule has 2 rings (SSSR count). The third-order valence-electron chi connectivity index (χ3n) is 2.43. The molecule has 0 aliphatic heterocycles. The number of hydrogen-bond acceptors (Lipinski definition) is 5. The predicted octanol–water partition coefficient (Wildman–Crippen LogP) is 0.126. The number of carbonyl (C=O) groups excluding carboxylic acids is 1. The molecular weight excluding hydrogens is 264 g/mol. The van der Waals surface area contributed by atoms with Gasteiger partial charge in [-0.05, 0) is 18.2 Å². The number of aromatic carboxylic acids is 1. The minimum atomic E-state index is -1.15. The first-order valence-electron chi connectivity index (χ1n) is 5.52. The highest BCUT2D eigenvalue weighted by Crippen LogP contribution is 2.07. The number of anilines is 1. The Morgan fingerprint density at radius 3 is 2.45 bits per heavy atom. The number of carboxylic acid groups (broad SMARTS) is 1. The van der Waals surface area contributed by atoms with E-state index in [9.17, 15) is 14.4 Å². The molecule has 2 aromatic rings. The molecule has 20 heavy (non-hydrogen) atoms. The van der Waals surface area contributed by atoms with Gasteiger partial charge in [-0.3, -0.25) is 9.59 Å². The standard InChI is InChI=1S/C12H10N4O4/c1-16-10(17)5-4-8(15-16)11(18)14-7-2-3-9(12(19)20)13-6-7/h2-6H,1H3,(H,14,18)(H,19,20). The number of carbonyl (C=O) groups is 2. The smallest absolute Gasteiger partial charge is 0.354 e. The second-order valence-electron chi connectivity index (χ2n) is 3.87. The Hall–Kier alpha value is -3.03. The lowest BCUT2D eigenvalue weighted by Gasteiger charge is -2.05. The zero-order valence-electron chi connectivity index (χ0n) is 10.4. The summed E-state index contributed by atoms with van der Waals surface area (Å²) in [5.74, 6) is -1.67. The van der Waals surface area contributed by atoms with Crippen molar-refractivity contribution in [2.24, 2.45) is 7.05 Å². The van der Waals surface area contributed by atoms with E-state index >= 15 is 0 Å². The molecule has 0 aliphatic carbocycles. The van der Waals surface area contributed by atoms with Crippen molar-refractivity contribution in [3.05, 3.63) is 52.2 Å². The largest absolute Gasteiger partial charge is 0.477 e. The van der Waals surface area contributed by atoms with Crippen LogP contribution in [-0.4, -0.2) is 31.7 Å². The van der Waals surface area contributed by atoms with Crippen LogP contribution in [-0.2, 0) is 7.05 Å².